The van der Waals surface area contributed by atoms with Gasteiger partial charge in [-0.3, -0.25) is 4.79 Å². The smallest absolute Gasteiger partial charge is 0.253 e. The van der Waals surface area contributed by atoms with Gasteiger partial charge in [0.1, 0.15) is 0 Å². The van der Waals surface area contributed by atoms with Gasteiger partial charge in [0.15, 0.2) is 0 Å². The highest BCUT2D eigenvalue weighted by Gasteiger charge is 2.19. The van der Waals surface area contributed by atoms with Crippen LogP contribution in [0.2, 0.25) is 10.0 Å². The van der Waals surface area contributed by atoms with Crippen LogP contribution in [-0.2, 0) is 0 Å². The molecule has 116 valence electrons. The molecule has 0 radical (unpaired) electrons. The summed E-state index contributed by atoms with van der Waals surface area (Å²) in [6.07, 6.45) is 7.27. The fourth-order valence-electron chi connectivity index (χ4n) is 2.64. The van der Waals surface area contributed by atoms with Crippen molar-refractivity contribution in [2.45, 2.75) is 44.6 Å². The van der Waals surface area contributed by atoms with Crippen molar-refractivity contribution in [1.29, 1.82) is 0 Å². The summed E-state index contributed by atoms with van der Waals surface area (Å²) >= 11 is 11.8. The molecule has 1 saturated carbocycles. The second kappa shape index (κ2) is 8.62. The molecule has 2 aliphatic rings. The molecule has 1 aromatic carbocycles. The number of rotatable bonds is 2. The van der Waals surface area contributed by atoms with Crippen LogP contribution in [0.15, 0.2) is 18.2 Å². The van der Waals surface area contributed by atoms with Crippen molar-refractivity contribution in [3.8, 4) is 0 Å². The zero-order valence-corrected chi connectivity index (χ0v) is 13.6. The maximum Gasteiger partial charge on any atom is 0.253 e. The Morgan fingerprint density at radius 3 is 2.33 bits per heavy atom. The van der Waals surface area contributed by atoms with E-state index in [1.807, 2.05) is 0 Å². The van der Waals surface area contributed by atoms with Crippen LogP contribution in [0.25, 0.3) is 0 Å². The van der Waals surface area contributed by atoms with E-state index >= 15 is 0 Å². The van der Waals surface area contributed by atoms with E-state index in [2.05, 4.69) is 10.6 Å². The van der Waals surface area contributed by atoms with Crippen LogP contribution in [-0.4, -0.2) is 25.0 Å². The number of halogens is 2. The van der Waals surface area contributed by atoms with E-state index in [4.69, 9.17) is 23.2 Å². The number of nitrogens with one attached hydrogen (secondary N) is 2. The molecule has 21 heavy (non-hydrogen) atoms. The molecule has 0 spiro atoms. The first-order valence-corrected chi connectivity index (χ1v) is 8.39. The fraction of sp³-hybridized carbons (Fsp3) is 0.562. The van der Waals surface area contributed by atoms with Gasteiger partial charge in [0.05, 0.1) is 15.6 Å². The molecule has 5 heteroatoms. The molecule has 1 saturated heterocycles. The summed E-state index contributed by atoms with van der Waals surface area (Å²) in [5.74, 6) is -0.126. The molecular formula is C16H22Cl2N2O. The summed E-state index contributed by atoms with van der Waals surface area (Å²) in [6, 6.07) is 5.40. The molecule has 3 nitrogen and oxygen atoms in total. The van der Waals surface area contributed by atoms with Crippen molar-refractivity contribution in [3.05, 3.63) is 33.8 Å². The molecule has 1 aliphatic carbocycles. The quantitative estimate of drug-likeness (QED) is 0.860. The van der Waals surface area contributed by atoms with E-state index in [0.29, 0.717) is 21.7 Å². The predicted molar refractivity (Wildman–Crippen MR) is 88.3 cm³/mol. The van der Waals surface area contributed by atoms with Crippen LogP contribution in [0.4, 0.5) is 0 Å². The third-order valence-electron chi connectivity index (χ3n) is 3.84. The standard InChI is InChI=1S/C12H13Cl2NO.C4H9N/c13-10-7-3-6-9(11(10)14)12(16)15-8-4-1-2-5-8;1-2-4-5-3-1/h3,6-8H,1-2,4-5H2,(H,15,16);5H,1-4H2. The monoisotopic (exact) mass is 328 g/mol. The molecule has 1 heterocycles. The van der Waals surface area contributed by atoms with Crippen LogP contribution >= 0.6 is 23.2 Å². The average molecular weight is 329 g/mol. The number of hydrogen-bond acceptors (Lipinski definition) is 2. The Morgan fingerprint density at radius 2 is 1.76 bits per heavy atom. The Morgan fingerprint density at radius 1 is 1.10 bits per heavy atom. The van der Waals surface area contributed by atoms with Crippen LogP contribution in [0.5, 0.6) is 0 Å². The van der Waals surface area contributed by atoms with Crippen molar-refractivity contribution in [2.24, 2.45) is 0 Å². The summed E-state index contributed by atoms with van der Waals surface area (Å²) in [6.45, 7) is 2.50. The third-order valence-corrected chi connectivity index (χ3v) is 4.66. The van der Waals surface area contributed by atoms with Crippen molar-refractivity contribution < 1.29 is 4.79 Å². The van der Waals surface area contributed by atoms with Crippen LogP contribution in [0, 0.1) is 0 Å². The minimum Gasteiger partial charge on any atom is -0.349 e. The molecule has 2 N–H and O–H groups in total. The Labute approximate surface area is 136 Å². The zero-order chi connectivity index (χ0) is 15.1. The maximum atomic E-state index is 11.9. The summed E-state index contributed by atoms with van der Waals surface area (Å²) in [5.41, 5.74) is 0.459. The maximum absolute atomic E-state index is 11.9. The van der Waals surface area contributed by atoms with E-state index in [0.717, 1.165) is 12.8 Å². The summed E-state index contributed by atoms with van der Waals surface area (Å²) in [7, 11) is 0. The fourth-order valence-corrected chi connectivity index (χ4v) is 3.02. The van der Waals surface area contributed by atoms with E-state index in [9.17, 15) is 4.79 Å². The molecule has 0 atom stereocenters. The van der Waals surface area contributed by atoms with Gasteiger partial charge in [0, 0.05) is 6.04 Å². The van der Waals surface area contributed by atoms with Crippen molar-refractivity contribution in [3.63, 3.8) is 0 Å². The van der Waals surface area contributed by atoms with Gasteiger partial charge in [-0.05, 0) is 50.9 Å². The lowest BCUT2D eigenvalue weighted by Crippen LogP contribution is -2.32. The van der Waals surface area contributed by atoms with Gasteiger partial charge in [0.25, 0.3) is 5.91 Å². The molecule has 1 aliphatic heterocycles. The van der Waals surface area contributed by atoms with Gasteiger partial charge in [-0.2, -0.15) is 0 Å². The Kier molecular flexibility index (Phi) is 6.81. The van der Waals surface area contributed by atoms with E-state index in [1.54, 1.807) is 18.2 Å². The second-order valence-electron chi connectivity index (χ2n) is 5.51. The lowest BCUT2D eigenvalue weighted by molar-refractivity contribution is 0.0938. The molecule has 0 aromatic heterocycles. The summed E-state index contributed by atoms with van der Waals surface area (Å²) < 4.78 is 0. The highest BCUT2D eigenvalue weighted by atomic mass is 35.5. The lowest BCUT2D eigenvalue weighted by Gasteiger charge is -2.12. The second-order valence-corrected chi connectivity index (χ2v) is 6.30. The van der Waals surface area contributed by atoms with E-state index in [1.165, 1.54) is 38.8 Å². The molecule has 1 aromatic rings. The Bertz CT molecular complexity index is 462. The van der Waals surface area contributed by atoms with Gasteiger partial charge in [-0.15, -0.1) is 0 Å². The SMILES string of the molecule is C1CCNC1.O=C(NC1CCCC1)c1cccc(Cl)c1Cl. The van der Waals surface area contributed by atoms with Crippen LogP contribution < -0.4 is 10.6 Å². The van der Waals surface area contributed by atoms with Gasteiger partial charge in [0.2, 0.25) is 0 Å². The highest BCUT2D eigenvalue weighted by molar-refractivity contribution is 6.43. The number of carbonyl (C=O) groups excluding carboxylic acids is 1. The third kappa shape index (κ3) is 5.17. The van der Waals surface area contributed by atoms with Gasteiger partial charge in [-0.1, -0.05) is 42.1 Å². The van der Waals surface area contributed by atoms with Gasteiger partial charge >= 0.3 is 0 Å². The Hall–Kier alpha value is -0.770. The molecule has 0 unspecified atom stereocenters. The predicted octanol–water partition coefficient (Wildman–Crippen LogP) is 4.04. The minimum atomic E-state index is -0.126. The van der Waals surface area contributed by atoms with Crippen LogP contribution in [0.1, 0.15) is 48.9 Å². The molecule has 2 fully saturated rings. The summed E-state index contributed by atoms with van der Waals surface area (Å²) in [5, 5.41) is 6.95. The molecular weight excluding hydrogens is 307 g/mol. The van der Waals surface area contributed by atoms with Gasteiger partial charge < -0.3 is 10.6 Å². The van der Waals surface area contributed by atoms with Crippen molar-refractivity contribution in [1.82, 2.24) is 10.6 Å². The van der Waals surface area contributed by atoms with Crippen molar-refractivity contribution in [2.75, 3.05) is 13.1 Å². The number of hydrogen-bond donors (Lipinski definition) is 2. The van der Waals surface area contributed by atoms with Crippen molar-refractivity contribution >= 4 is 29.1 Å². The molecule has 3 rings (SSSR count). The first-order valence-electron chi connectivity index (χ1n) is 7.64. The number of carbonyl (C=O) groups is 1. The zero-order valence-electron chi connectivity index (χ0n) is 12.1. The molecule has 0 bridgehead atoms. The van der Waals surface area contributed by atoms with Crippen LogP contribution in [0.3, 0.4) is 0 Å². The first-order chi connectivity index (χ1) is 10.2. The topological polar surface area (TPSA) is 41.1 Å². The number of amides is 1. The normalized spacial score (nSPS) is 18.2. The van der Waals surface area contributed by atoms with E-state index in [-0.39, 0.29) is 5.91 Å². The lowest BCUT2D eigenvalue weighted by atomic mass is 10.2. The Balaban J connectivity index is 0.000000272. The number of benzene rings is 1. The average Bonchev–Trinajstić information content (AvgIpc) is 3.16. The minimum absolute atomic E-state index is 0.126. The molecule has 1 amide bonds. The highest BCUT2D eigenvalue weighted by Crippen LogP contribution is 2.26. The van der Waals surface area contributed by atoms with Gasteiger partial charge in [-0.25, -0.2) is 0 Å². The first kappa shape index (κ1) is 16.6. The summed E-state index contributed by atoms with van der Waals surface area (Å²) in [4.78, 5) is 11.9. The van der Waals surface area contributed by atoms with E-state index < -0.39 is 0 Å². The largest absolute Gasteiger partial charge is 0.349 e.